The highest BCUT2D eigenvalue weighted by molar-refractivity contribution is 7.89. The Hall–Kier alpha value is -2.91. The van der Waals surface area contributed by atoms with Crippen LogP contribution in [0.25, 0.3) is 0 Å². The lowest BCUT2D eigenvalue weighted by Gasteiger charge is -2.15. The molecule has 2 aromatic carbocycles. The van der Waals surface area contributed by atoms with E-state index in [4.69, 9.17) is 4.74 Å². The predicted molar refractivity (Wildman–Crippen MR) is 112 cm³/mol. The number of hydrogen-bond acceptors (Lipinski definition) is 5. The van der Waals surface area contributed by atoms with Gasteiger partial charge in [0.15, 0.2) is 0 Å². The maximum atomic E-state index is 12.7. The van der Waals surface area contributed by atoms with Gasteiger partial charge in [0.25, 0.3) is 5.91 Å². The number of sulfonamides is 1. The quantitative estimate of drug-likeness (QED) is 0.661. The van der Waals surface area contributed by atoms with Crippen LogP contribution in [0.3, 0.4) is 0 Å². The molecule has 9 heteroatoms. The Labute approximate surface area is 176 Å². The maximum Gasteiger partial charge on any atom is 0.254 e. The zero-order valence-electron chi connectivity index (χ0n) is 17.0. The first-order chi connectivity index (χ1) is 14.3. The molecule has 0 radical (unpaired) electrons. The second kappa shape index (κ2) is 9.27. The standard InChI is InChI=1S/C21H25N3O5S/c1-22-21(26)18-12-17(9-10-19(18)29-2)30(27,28)23-13-15-5-7-16(8-6-15)14-24-11-3-4-20(24)25/h5-10,12,23H,3-4,11,13-14H2,1-2H3,(H,22,26). The molecule has 2 N–H and O–H groups in total. The van der Waals surface area contributed by atoms with E-state index in [9.17, 15) is 18.0 Å². The monoisotopic (exact) mass is 431 g/mol. The van der Waals surface area contributed by atoms with Crippen LogP contribution in [0.2, 0.25) is 0 Å². The minimum absolute atomic E-state index is 0.0222. The first kappa shape index (κ1) is 21.8. The van der Waals surface area contributed by atoms with Crippen molar-refractivity contribution in [1.29, 1.82) is 0 Å². The number of methoxy groups -OCH3 is 1. The van der Waals surface area contributed by atoms with Crippen LogP contribution in [0.4, 0.5) is 0 Å². The van der Waals surface area contributed by atoms with Gasteiger partial charge >= 0.3 is 0 Å². The highest BCUT2D eigenvalue weighted by Gasteiger charge is 2.21. The maximum absolute atomic E-state index is 12.7. The molecule has 160 valence electrons. The molecule has 1 saturated heterocycles. The van der Waals surface area contributed by atoms with Crippen LogP contribution >= 0.6 is 0 Å². The molecule has 0 unspecified atom stereocenters. The van der Waals surface area contributed by atoms with E-state index >= 15 is 0 Å². The number of nitrogens with zero attached hydrogens (tertiary/aromatic N) is 1. The highest BCUT2D eigenvalue weighted by atomic mass is 32.2. The Bertz CT molecular complexity index is 1040. The van der Waals surface area contributed by atoms with Crippen LogP contribution in [0.1, 0.15) is 34.3 Å². The number of amides is 2. The number of hydrogen-bond donors (Lipinski definition) is 2. The van der Waals surface area contributed by atoms with Gasteiger partial charge in [0.1, 0.15) is 5.75 Å². The van der Waals surface area contributed by atoms with Crippen molar-refractivity contribution in [3.05, 3.63) is 59.2 Å². The average molecular weight is 432 g/mol. The third-order valence-corrected chi connectivity index (χ3v) is 6.39. The molecule has 0 saturated carbocycles. The van der Waals surface area contributed by atoms with Gasteiger partial charge < -0.3 is 15.0 Å². The lowest BCUT2D eigenvalue weighted by Crippen LogP contribution is -2.25. The van der Waals surface area contributed by atoms with Crippen molar-refractivity contribution >= 4 is 21.8 Å². The zero-order valence-corrected chi connectivity index (χ0v) is 17.8. The second-order valence-electron chi connectivity index (χ2n) is 7.00. The lowest BCUT2D eigenvalue weighted by atomic mass is 10.1. The fourth-order valence-corrected chi connectivity index (χ4v) is 4.33. The van der Waals surface area contributed by atoms with Crippen LogP contribution in [0, 0.1) is 0 Å². The molecule has 1 aliphatic rings. The van der Waals surface area contributed by atoms with Gasteiger partial charge in [0.05, 0.1) is 17.6 Å². The smallest absolute Gasteiger partial charge is 0.254 e. The Kier molecular flexibility index (Phi) is 6.73. The fraction of sp³-hybridized carbons (Fsp3) is 0.333. The molecule has 1 aliphatic heterocycles. The van der Waals surface area contributed by atoms with Gasteiger partial charge in [-0.3, -0.25) is 9.59 Å². The highest BCUT2D eigenvalue weighted by Crippen LogP contribution is 2.22. The summed E-state index contributed by atoms with van der Waals surface area (Å²) in [4.78, 5) is 25.5. The van der Waals surface area contributed by atoms with Crippen LogP contribution < -0.4 is 14.8 Å². The molecule has 3 rings (SSSR count). The summed E-state index contributed by atoms with van der Waals surface area (Å²) in [5.41, 5.74) is 1.93. The molecule has 0 bridgehead atoms. The fourth-order valence-electron chi connectivity index (χ4n) is 3.28. The van der Waals surface area contributed by atoms with Crippen molar-refractivity contribution in [2.24, 2.45) is 0 Å². The summed E-state index contributed by atoms with van der Waals surface area (Å²) < 4.78 is 33.0. The van der Waals surface area contributed by atoms with Gasteiger partial charge in [-0.15, -0.1) is 0 Å². The number of ether oxygens (including phenoxy) is 1. The third kappa shape index (κ3) is 4.98. The predicted octanol–water partition coefficient (Wildman–Crippen LogP) is 1.66. The molecular formula is C21H25N3O5S. The molecule has 2 aromatic rings. The van der Waals surface area contributed by atoms with Crippen LogP contribution in [-0.2, 0) is 27.9 Å². The number of rotatable bonds is 8. The van der Waals surface area contributed by atoms with Gasteiger partial charge in [0, 0.05) is 33.1 Å². The molecule has 1 heterocycles. The van der Waals surface area contributed by atoms with Crippen molar-refractivity contribution in [2.45, 2.75) is 30.8 Å². The number of likely N-dealkylation sites (tertiary alicyclic amines) is 1. The topological polar surface area (TPSA) is 105 Å². The average Bonchev–Trinajstić information content (AvgIpc) is 3.16. The molecule has 0 atom stereocenters. The minimum Gasteiger partial charge on any atom is -0.496 e. The van der Waals surface area contributed by atoms with Crippen molar-refractivity contribution in [3.8, 4) is 5.75 Å². The lowest BCUT2D eigenvalue weighted by molar-refractivity contribution is -0.128. The summed E-state index contributed by atoms with van der Waals surface area (Å²) in [5.74, 6) is 0.0267. The second-order valence-corrected chi connectivity index (χ2v) is 8.77. The molecule has 30 heavy (non-hydrogen) atoms. The van der Waals surface area contributed by atoms with Crippen LogP contribution in [-0.4, -0.2) is 45.8 Å². The normalized spacial score (nSPS) is 14.1. The van der Waals surface area contributed by atoms with E-state index in [0.29, 0.717) is 18.7 Å². The number of nitrogens with one attached hydrogen (secondary N) is 2. The Morgan fingerprint density at radius 2 is 1.83 bits per heavy atom. The number of carbonyl (C=O) groups is 2. The SMILES string of the molecule is CNC(=O)c1cc(S(=O)(=O)NCc2ccc(CN3CCCC3=O)cc2)ccc1OC. The largest absolute Gasteiger partial charge is 0.496 e. The van der Waals surface area contributed by atoms with Crippen molar-refractivity contribution in [2.75, 3.05) is 20.7 Å². The molecule has 0 spiro atoms. The van der Waals surface area contributed by atoms with Gasteiger partial charge in [-0.25, -0.2) is 13.1 Å². The summed E-state index contributed by atoms with van der Waals surface area (Å²) in [6.07, 6.45) is 1.50. The van der Waals surface area contributed by atoms with E-state index in [1.165, 1.54) is 32.4 Å². The van der Waals surface area contributed by atoms with Gasteiger partial charge in [-0.05, 0) is 35.7 Å². The van der Waals surface area contributed by atoms with Gasteiger partial charge in [-0.2, -0.15) is 0 Å². The summed E-state index contributed by atoms with van der Waals surface area (Å²) in [6.45, 7) is 1.45. The third-order valence-electron chi connectivity index (χ3n) is 4.99. The molecule has 0 aromatic heterocycles. The summed E-state index contributed by atoms with van der Waals surface area (Å²) in [6, 6.07) is 11.6. The first-order valence-corrected chi connectivity index (χ1v) is 11.1. The zero-order chi connectivity index (χ0) is 21.7. The van der Waals surface area contributed by atoms with E-state index in [2.05, 4.69) is 10.0 Å². The Morgan fingerprint density at radius 3 is 2.43 bits per heavy atom. The van der Waals surface area contributed by atoms with Crippen molar-refractivity contribution < 1.29 is 22.7 Å². The molecular weight excluding hydrogens is 406 g/mol. The summed E-state index contributed by atoms with van der Waals surface area (Å²) in [7, 11) is -0.945. The van der Waals surface area contributed by atoms with Gasteiger partial charge in [-0.1, -0.05) is 24.3 Å². The van der Waals surface area contributed by atoms with Crippen molar-refractivity contribution in [3.63, 3.8) is 0 Å². The first-order valence-electron chi connectivity index (χ1n) is 9.59. The summed E-state index contributed by atoms with van der Waals surface area (Å²) >= 11 is 0. The molecule has 8 nitrogen and oxygen atoms in total. The Morgan fingerprint density at radius 1 is 1.13 bits per heavy atom. The molecule has 0 aliphatic carbocycles. The van der Waals surface area contributed by atoms with Crippen LogP contribution in [0.5, 0.6) is 5.75 Å². The van der Waals surface area contributed by atoms with E-state index in [0.717, 1.165) is 24.1 Å². The van der Waals surface area contributed by atoms with E-state index in [1.807, 2.05) is 29.2 Å². The van der Waals surface area contributed by atoms with E-state index in [-0.39, 0.29) is 22.9 Å². The Balaban J connectivity index is 1.67. The number of carbonyl (C=O) groups excluding carboxylic acids is 2. The number of benzene rings is 2. The van der Waals surface area contributed by atoms with E-state index in [1.54, 1.807) is 0 Å². The van der Waals surface area contributed by atoms with Gasteiger partial charge in [0.2, 0.25) is 15.9 Å². The minimum atomic E-state index is -3.82. The molecule has 1 fully saturated rings. The van der Waals surface area contributed by atoms with E-state index < -0.39 is 15.9 Å². The summed E-state index contributed by atoms with van der Waals surface area (Å²) in [5, 5.41) is 2.47. The van der Waals surface area contributed by atoms with Crippen LogP contribution in [0.15, 0.2) is 47.4 Å². The molecule has 2 amide bonds. The van der Waals surface area contributed by atoms with Crippen molar-refractivity contribution in [1.82, 2.24) is 14.9 Å².